The molecule has 8 heteroatoms. The van der Waals surface area contributed by atoms with Crippen LogP contribution in [0.4, 0.5) is 0 Å². The van der Waals surface area contributed by atoms with E-state index in [9.17, 15) is 14.4 Å². The van der Waals surface area contributed by atoms with Gasteiger partial charge in [-0.2, -0.15) is 0 Å². The minimum atomic E-state index is -0.595. The number of Topliss-reactive ketones (excluding diaryl/α,β-unsaturated/α-hetero) is 1. The van der Waals surface area contributed by atoms with Gasteiger partial charge in [-0.25, -0.2) is 9.59 Å². The molecule has 0 radical (unpaired) electrons. The summed E-state index contributed by atoms with van der Waals surface area (Å²) in [5.41, 5.74) is 0.924. The van der Waals surface area contributed by atoms with Gasteiger partial charge < -0.3 is 14.7 Å². The van der Waals surface area contributed by atoms with E-state index < -0.39 is 11.9 Å². The number of aliphatic hydroxyl groups is 1. The first-order chi connectivity index (χ1) is 13.9. The zero-order valence-corrected chi connectivity index (χ0v) is 16.9. The standard InChI is InChI=1S/C21H21NO6S/c1-14(22-28-15(2)24)20(25)17-5-3-6-19(13-17)29-18-9-7-16(8-10-18)21(26)27-12-4-11-23/h3,5-10,13,23H,4,11-12H2,1-2H3/b22-14+. The molecule has 2 rings (SSSR count). The first kappa shape index (κ1) is 22.3. The van der Waals surface area contributed by atoms with Crippen molar-refractivity contribution in [1.82, 2.24) is 0 Å². The van der Waals surface area contributed by atoms with Crippen LogP contribution in [0, 0.1) is 0 Å². The van der Waals surface area contributed by atoms with Crippen molar-refractivity contribution < 1.29 is 29.1 Å². The second-order valence-electron chi connectivity index (χ2n) is 5.96. The molecule has 0 aliphatic heterocycles. The van der Waals surface area contributed by atoms with E-state index in [1.165, 1.54) is 25.6 Å². The van der Waals surface area contributed by atoms with Gasteiger partial charge in [-0.1, -0.05) is 29.1 Å². The number of carbonyl (C=O) groups excluding carboxylic acids is 3. The summed E-state index contributed by atoms with van der Waals surface area (Å²) < 4.78 is 5.04. The Labute approximate surface area is 172 Å². The fourth-order valence-corrected chi connectivity index (χ4v) is 3.07. The summed E-state index contributed by atoms with van der Waals surface area (Å²) in [6.45, 7) is 2.83. The number of hydrogen-bond donors (Lipinski definition) is 1. The van der Waals surface area contributed by atoms with Gasteiger partial charge in [0.05, 0.1) is 12.2 Å². The maximum absolute atomic E-state index is 12.4. The molecule has 0 heterocycles. The minimum Gasteiger partial charge on any atom is -0.462 e. The Hall–Kier alpha value is -2.97. The van der Waals surface area contributed by atoms with E-state index in [2.05, 4.69) is 9.99 Å². The van der Waals surface area contributed by atoms with Gasteiger partial charge >= 0.3 is 11.9 Å². The molecule has 7 nitrogen and oxygen atoms in total. The van der Waals surface area contributed by atoms with Gasteiger partial charge in [0.1, 0.15) is 5.71 Å². The molecule has 0 saturated heterocycles. The number of aliphatic hydroxyl groups excluding tert-OH is 1. The minimum absolute atomic E-state index is 0.0282. The molecular formula is C21H21NO6S. The molecule has 0 atom stereocenters. The molecule has 0 fully saturated rings. The highest BCUT2D eigenvalue weighted by Crippen LogP contribution is 2.28. The van der Waals surface area contributed by atoms with Gasteiger partial charge in [-0.05, 0) is 43.3 Å². The van der Waals surface area contributed by atoms with Crippen LogP contribution in [0.25, 0.3) is 0 Å². The number of esters is 1. The number of ketones is 1. The van der Waals surface area contributed by atoms with Gasteiger partial charge in [0, 0.05) is 35.3 Å². The summed E-state index contributed by atoms with van der Waals surface area (Å²) in [6.07, 6.45) is 0.403. The number of oxime groups is 1. The second kappa shape index (κ2) is 11.1. The van der Waals surface area contributed by atoms with Gasteiger partial charge in [0.2, 0.25) is 5.78 Å². The van der Waals surface area contributed by atoms with Crippen molar-refractivity contribution in [2.45, 2.75) is 30.1 Å². The molecule has 0 saturated carbocycles. The quantitative estimate of drug-likeness (QED) is 0.167. The summed E-state index contributed by atoms with van der Waals surface area (Å²) in [7, 11) is 0. The van der Waals surface area contributed by atoms with E-state index in [4.69, 9.17) is 9.84 Å². The number of hydrogen-bond acceptors (Lipinski definition) is 8. The summed E-state index contributed by atoms with van der Waals surface area (Å²) in [5, 5.41) is 12.2. The lowest BCUT2D eigenvalue weighted by atomic mass is 10.1. The van der Waals surface area contributed by atoms with Crippen molar-refractivity contribution in [3.8, 4) is 0 Å². The first-order valence-electron chi connectivity index (χ1n) is 8.83. The predicted octanol–water partition coefficient (Wildman–Crippen LogP) is 3.50. The normalized spacial score (nSPS) is 11.1. The molecule has 2 aromatic carbocycles. The molecule has 152 valence electrons. The number of carbonyl (C=O) groups is 3. The van der Waals surface area contributed by atoms with E-state index in [0.717, 1.165) is 9.79 Å². The summed E-state index contributed by atoms with van der Waals surface area (Å²) in [4.78, 5) is 41.3. The highest BCUT2D eigenvalue weighted by molar-refractivity contribution is 7.99. The number of nitrogens with zero attached hydrogens (tertiary/aromatic N) is 1. The molecule has 0 aliphatic carbocycles. The van der Waals surface area contributed by atoms with Crippen LogP contribution in [0.5, 0.6) is 0 Å². The summed E-state index contributed by atoms with van der Waals surface area (Å²) in [5.74, 6) is -1.37. The van der Waals surface area contributed by atoms with Crippen LogP contribution in [-0.4, -0.2) is 41.8 Å². The maximum atomic E-state index is 12.4. The molecule has 29 heavy (non-hydrogen) atoms. The van der Waals surface area contributed by atoms with Gasteiger partial charge in [0.15, 0.2) is 0 Å². The van der Waals surface area contributed by atoms with Crippen LogP contribution in [-0.2, 0) is 14.4 Å². The Morgan fingerprint density at radius 3 is 2.38 bits per heavy atom. The molecule has 0 aliphatic rings. The lowest BCUT2D eigenvalue weighted by Crippen LogP contribution is -2.11. The average molecular weight is 415 g/mol. The zero-order chi connectivity index (χ0) is 21.2. The Morgan fingerprint density at radius 2 is 1.72 bits per heavy atom. The van der Waals surface area contributed by atoms with E-state index in [1.807, 2.05) is 6.07 Å². The Balaban J connectivity index is 2.04. The van der Waals surface area contributed by atoms with Crippen molar-refractivity contribution in [3.05, 3.63) is 59.7 Å². The first-order valence-corrected chi connectivity index (χ1v) is 9.65. The molecule has 2 aromatic rings. The monoisotopic (exact) mass is 415 g/mol. The van der Waals surface area contributed by atoms with E-state index in [-0.39, 0.29) is 24.7 Å². The molecule has 0 unspecified atom stereocenters. The van der Waals surface area contributed by atoms with Crippen LogP contribution >= 0.6 is 11.8 Å². The fraction of sp³-hybridized carbons (Fsp3) is 0.238. The lowest BCUT2D eigenvalue weighted by molar-refractivity contribution is -0.140. The summed E-state index contributed by atoms with van der Waals surface area (Å²) in [6, 6.07) is 13.9. The molecule has 0 amide bonds. The van der Waals surface area contributed by atoms with Crippen molar-refractivity contribution in [2.24, 2.45) is 5.16 Å². The molecule has 0 bridgehead atoms. The van der Waals surface area contributed by atoms with Crippen molar-refractivity contribution in [1.29, 1.82) is 0 Å². The smallest absolute Gasteiger partial charge is 0.338 e. The Morgan fingerprint density at radius 1 is 1.00 bits per heavy atom. The molecule has 1 N–H and O–H groups in total. The van der Waals surface area contributed by atoms with Gasteiger partial charge in [-0.15, -0.1) is 0 Å². The van der Waals surface area contributed by atoms with E-state index >= 15 is 0 Å². The highest BCUT2D eigenvalue weighted by atomic mass is 32.2. The van der Waals surface area contributed by atoms with Crippen LogP contribution in [0.3, 0.4) is 0 Å². The van der Waals surface area contributed by atoms with E-state index in [1.54, 1.807) is 42.5 Å². The third-order valence-electron chi connectivity index (χ3n) is 3.60. The SMILES string of the molecule is CC(=O)O/N=C(\C)C(=O)c1cccc(Sc2ccc(C(=O)OCCCO)cc2)c1. The second-order valence-corrected chi connectivity index (χ2v) is 7.10. The van der Waals surface area contributed by atoms with Crippen LogP contribution < -0.4 is 0 Å². The topological polar surface area (TPSA) is 102 Å². The largest absolute Gasteiger partial charge is 0.462 e. The number of ether oxygens (including phenoxy) is 1. The predicted molar refractivity (Wildman–Crippen MR) is 108 cm³/mol. The van der Waals surface area contributed by atoms with E-state index in [0.29, 0.717) is 17.5 Å². The third-order valence-corrected chi connectivity index (χ3v) is 4.59. The summed E-state index contributed by atoms with van der Waals surface area (Å²) >= 11 is 1.43. The zero-order valence-electron chi connectivity index (χ0n) is 16.1. The average Bonchev–Trinajstić information content (AvgIpc) is 2.72. The van der Waals surface area contributed by atoms with Crippen molar-refractivity contribution in [3.63, 3.8) is 0 Å². The lowest BCUT2D eigenvalue weighted by Gasteiger charge is -2.06. The third kappa shape index (κ3) is 7.17. The van der Waals surface area contributed by atoms with Crippen molar-refractivity contribution in [2.75, 3.05) is 13.2 Å². The Kier molecular flexibility index (Phi) is 8.57. The number of benzene rings is 2. The maximum Gasteiger partial charge on any atom is 0.338 e. The van der Waals surface area contributed by atoms with Crippen molar-refractivity contribution >= 4 is 35.2 Å². The highest BCUT2D eigenvalue weighted by Gasteiger charge is 2.12. The molecule has 0 spiro atoms. The van der Waals surface area contributed by atoms with Crippen LogP contribution in [0.1, 0.15) is 41.0 Å². The van der Waals surface area contributed by atoms with Crippen LogP contribution in [0.2, 0.25) is 0 Å². The fourth-order valence-electron chi connectivity index (χ4n) is 2.19. The van der Waals surface area contributed by atoms with Gasteiger partial charge in [-0.3, -0.25) is 4.79 Å². The molecular weight excluding hydrogens is 394 g/mol. The Bertz CT molecular complexity index is 908. The number of rotatable bonds is 9. The van der Waals surface area contributed by atoms with Gasteiger partial charge in [0.25, 0.3) is 0 Å². The molecule has 0 aromatic heterocycles. The van der Waals surface area contributed by atoms with Crippen LogP contribution in [0.15, 0.2) is 63.5 Å².